The summed E-state index contributed by atoms with van der Waals surface area (Å²) < 4.78 is 1.60. The molecule has 0 aliphatic rings. The number of aromatic carboxylic acids is 1. The number of imidazole rings is 1. The first-order valence-electron chi connectivity index (χ1n) is 6.14. The Balaban J connectivity index is 2.60. The topological polar surface area (TPSA) is 57.8 Å². The summed E-state index contributed by atoms with van der Waals surface area (Å²) in [5, 5.41) is 9.42. The van der Waals surface area contributed by atoms with Gasteiger partial charge in [-0.05, 0) is 26.0 Å². The number of aromatic nitrogens is 2. The van der Waals surface area contributed by atoms with E-state index in [2.05, 4.69) is 11.6 Å². The number of rotatable bonds is 5. The molecule has 0 aliphatic heterocycles. The van der Waals surface area contributed by atoms with Crippen LogP contribution in [0.25, 0.3) is 5.65 Å². The van der Waals surface area contributed by atoms with E-state index in [0.29, 0.717) is 24.6 Å². The fourth-order valence-corrected chi connectivity index (χ4v) is 2.06. The maximum Gasteiger partial charge on any atom is 0.356 e. The molecule has 0 spiro atoms. The van der Waals surface area contributed by atoms with Crippen LogP contribution in [0.15, 0.2) is 36.5 Å². The van der Waals surface area contributed by atoms with Crippen LogP contribution in [0.1, 0.15) is 24.3 Å². The molecule has 2 aromatic heterocycles. The summed E-state index contributed by atoms with van der Waals surface area (Å²) >= 11 is 0. The van der Waals surface area contributed by atoms with E-state index in [4.69, 9.17) is 0 Å². The number of fused-ring (bicyclic) bond motifs is 1. The molecular formula is C14H17N3O2. The molecule has 2 heterocycles. The molecule has 0 atom stereocenters. The predicted octanol–water partition coefficient (Wildman–Crippen LogP) is 2.43. The van der Waals surface area contributed by atoms with E-state index in [9.17, 15) is 9.90 Å². The molecular weight excluding hydrogens is 242 g/mol. The summed E-state index contributed by atoms with van der Waals surface area (Å²) in [7, 11) is 0. The first kappa shape index (κ1) is 13.1. The van der Waals surface area contributed by atoms with Gasteiger partial charge in [0.25, 0.3) is 0 Å². The van der Waals surface area contributed by atoms with Gasteiger partial charge >= 0.3 is 5.97 Å². The third-order valence-electron chi connectivity index (χ3n) is 2.86. The summed E-state index contributed by atoms with van der Waals surface area (Å²) in [5.41, 5.74) is 1.80. The average molecular weight is 259 g/mol. The summed E-state index contributed by atoms with van der Waals surface area (Å²) in [4.78, 5) is 17.8. The van der Waals surface area contributed by atoms with Crippen LogP contribution in [0.2, 0.25) is 0 Å². The van der Waals surface area contributed by atoms with Gasteiger partial charge in [0.1, 0.15) is 5.65 Å². The molecule has 0 bridgehead atoms. The molecule has 0 saturated heterocycles. The number of pyridine rings is 1. The van der Waals surface area contributed by atoms with Gasteiger partial charge in [-0.25, -0.2) is 9.78 Å². The standard InChI is InChI=1S/C14H17N3O2/c1-4-16(9-10(2)3)13-12(14(18)19)17-8-6-5-7-11(17)15-13/h5-8H,2,4,9H2,1,3H3,(H,18,19). The number of carboxylic acid groups (broad SMARTS) is 1. The van der Waals surface area contributed by atoms with Crippen LogP contribution in [-0.2, 0) is 0 Å². The largest absolute Gasteiger partial charge is 0.476 e. The highest BCUT2D eigenvalue weighted by atomic mass is 16.4. The molecule has 100 valence electrons. The van der Waals surface area contributed by atoms with E-state index in [-0.39, 0.29) is 5.69 Å². The van der Waals surface area contributed by atoms with Gasteiger partial charge < -0.3 is 10.0 Å². The lowest BCUT2D eigenvalue weighted by Crippen LogP contribution is -2.26. The van der Waals surface area contributed by atoms with Crippen LogP contribution in [0.3, 0.4) is 0 Å². The minimum atomic E-state index is -0.978. The molecule has 0 fully saturated rings. The highest BCUT2D eigenvalue weighted by Crippen LogP contribution is 2.22. The molecule has 0 aromatic carbocycles. The second kappa shape index (κ2) is 5.14. The fraction of sp³-hybridized carbons (Fsp3) is 0.286. The highest BCUT2D eigenvalue weighted by molar-refractivity contribution is 5.93. The van der Waals surface area contributed by atoms with E-state index < -0.39 is 5.97 Å². The number of hydrogen-bond acceptors (Lipinski definition) is 3. The number of carboxylic acids is 1. The fourth-order valence-electron chi connectivity index (χ4n) is 2.06. The van der Waals surface area contributed by atoms with E-state index in [1.165, 1.54) is 0 Å². The molecule has 0 radical (unpaired) electrons. The van der Waals surface area contributed by atoms with Gasteiger partial charge in [0.2, 0.25) is 0 Å². The third kappa shape index (κ3) is 2.45. The second-order valence-corrected chi connectivity index (χ2v) is 4.49. The summed E-state index contributed by atoms with van der Waals surface area (Å²) in [6.07, 6.45) is 1.71. The van der Waals surface area contributed by atoms with Crippen molar-refractivity contribution >= 4 is 17.4 Å². The quantitative estimate of drug-likeness (QED) is 0.838. The van der Waals surface area contributed by atoms with Gasteiger partial charge in [-0.1, -0.05) is 18.2 Å². The minimum Gasteiger partial charge on any atom is -0.476 e. The minimum absolute atomic E-state index is 0.193. The maximum absolute atomic E-state index is 11.5. The Morgan fingerprint density at radius 2 is 2.26 bits per heavy atom. The number of nitrogens with zero attached hydrogens (tertiary/aromatic N) is 3. The number of carbonyl (C=O) groups is 1. The molecule has 5 heteroatoms. The Morgan fingerprint density at radius 1 is 1.53 bits per heavy atom. The number of hydrogen-bond donors (Lipinski definition) is 1. The third-order valence-corrected chi connectivity index (χ3v) is 2.86. The highest BCUT2D eigenvalue weighted by Gasteiger charge is 2.22. The van der Waals surface area contributed by atoms with Crippen LogP contribution in [0.4, 0.5) is 5.82 Å². The summed E-state index contributed by atoms with van der Waals surface area (Å²) in [6, 6.07) is 5.43. The van der Waals surface area contributed by atoms with Crippen molar-refractivity contribution in [1.29, 1.82) is 0 Å². The lowest BCUT2D eigenvalue weighted by atomic mass is 10.3. The van der Waals surface area contributed by atoms with Gasteiger partial charge in [-0.2, -0.15) is 0 Å². The molecule has 0 aliphatic carbocycles. The lowest BCUT2D eigenvalue weighted by Gasteiger charge is -2.21. The molecule has 0 saturated carbocycles. The van der Waals surface area contributed by atoms with Crippen molar-refractivity contribution in [2.45, 2.75) is 13.8 Å². The van der Waals surface area contributed by atoms with Crippen molar-refractivity contribution in [3.05, 3.63) is 42.2 Å². The lowest BCUT2D eigenvalue weighted by molar-refractivity contribution is 0.0690. The maximum atomic E-state index is 11.5. The van der Waals surface area contributed by atoms with Gasteiger partial charge in [0, 0.05) is 19.3 Å². The average Bonchev–Trinajstić information content (AvgIpc) is 2.74. The molecule has 19 heavy (non-hydrogen) atoms. The molecule has 5 nitrogen and oxygen atoms in total. The first-order chi connectivity index (χ1) is 9.04. The monoisotopic (exact) mass is 259 g/mol. The van der Waals surface area contributed by atoms with Crippen LogP contribution >= 0.6 is 0 Å². The summed E-state index contributed by atoms with van der Waals surface area (Å²) in [6.45, 7) is 9.04. The zero-order chi connectivity index (χ0) is 14.0. The molecule has 0 unspecified atom stereocenters. The van der Waals surface area contributed by atoms with Gasteiger partial charge in [0.15, 0.2) is 11.5 Å². The summed E-state index contributed by atoms with van der Waals surface area (Å²) in [5.74, 6) is -0.488. The van der Waals surface area contributed by atoms with Gasteiger partial charge in [0.05, 0.1) is 0 Å². The smallest absolute Gasteiger partial charge is 0.356 e. The first-order valence-corrected chi connectivity index (χ1v) is 6.14. The molecule has 0 amide bonds. The Morgan fingerprint density at radius 3 is 2.84 bits per heavy atom. The normalized spacial score (nSPS) is 10.6. The van der Waals surface area contributed by atoms with E-state index in [1.807, 2.05) is 24.8 Å². The Bertz CT molecular complexity index is 631. The SMILES string of the molecule is C=C(C)CN(CC)c1nc2ccccn2c1C(=O)O. The molecule has 2 rings (SSSR count). The Kier molecular flexibility index (Phi) is 3.55. The number of anilines is 1. The van der Waals surface area contributed by atoms with E-state index in [1.54, 1.807) is 22.7 Å². The zero-order valence-electron chi connectivity index (χ0n) is 11.1. The second-order valence-electron chi connectivity index (χ2n) is 4.49. The zero-order valence-corrected chi connectivity index (χ0v) is 11.1. The van der Waals surface area contributed by atoms with Crippen molar-refractivity contribution in [2.75, 3.05) is 18.0 Å². The Hall–Kier alpha value is -2.30. The van der Waals surface area contributed by atoms with Gasteiger partial charge in [-0.3, -0.25) is 4.40 Å². The van der Waals surface area contributed by atoms with Crippen LogP contribution < -0.4 is 4.90 Å². The van der Waals surface area contributed by atoms with Crippen LogP contribution in [-0.4, -0.2) is 33.6 Å². The predicted molar refractivity (Wildman–Crippen MR) is 74.9 cm³/mol. The molecule has 1 N–H and O–H groups in total. The van der Waals surface area contributed by atoms with Crippen LogP contribution in [0.5, 0.6) is 0 Å². The van der Waals surface area contributed by atoms with Crippen molar-refractivity contribution in [3.8, 4) is 0 Å². The number of likely N-dealkylation sites (N-methyl/N-ethyl adjacent to an activating group) is 1. The van der Waals surface area contributed by atoms with E-state index >= 15 is 0 Å². The van der Waals surface area contributed by atoms with Crippen molar-refractivity contribution < 1.29 is 9.90 Å². The van der Waals surface area contributed by atoms with Crippen LogP contribution in [0, 0.1) is 0 Å². The van der Waals surface area contributed by atoms with E-state index in [0.717, 1.165) is 5.57 Å². The van der Waals surface area contributed by atoms with Crippen molar-refractivity contribution in [2.24, 2.45) is 0 Å². The van der Waals surface area contributed by atoms with Gasteiger partial charge in [-0.15, -0.1) is 0 Å². The Labute approximate surface area is 111 Å². The molecule has 2 aromatic rings. The van der Waals surface area contributed by atoms with Crippen molar-refractivity contribution in [1.82, 2.24) is 9.38 Å². The van der Waals surface area contributed by atoms with Crippen molar-refractivity contribution in [3.63, 3.8) is 0 Å².